The minimum atomic E-state index is -0.631. The van der Waals surface area contributed by atoms with Gasteiger partial charge in [0.05, 0.1) is 31.4 Å². The molecule has 190 valence electrons. The zero-order valence-corrected chi connectivity index (χ0v) is 20.3. The second kappa shape index (κ2) is 10.7. The van der Waals surface area contributed by atoms with E-state index in [0.29, 0.717) is 19.1 Å². The van der Waals surface area contributed by atoms with Crippen molar-refractivity contribution >= 4 is 23.5 Å². The van der Waals surface area contributed by atoms with E-state index in [-0.39, 0.29) is 30.4 Å². The summed E-state index contributed by atoms with van der Waals surface area (Å²) in [6.45, 7) is 1.58. The molecule has 3 aliphatic rings. The van der Waals surface area contributed by atoms with Gasteiger partial charge < -0.3 is 25.8 Å². The lowest BCUT2D eigenvalue weighted by molar-refractivity contribution is -0.123. The predicted molar refractivity (Wildman–Crippen MR) is 136 cm³/mol. The van der Waals surface area contributed by atoms with Crippen LogP contribution in [0, 0.1) is 5.92 Å². The quantitative estimate of drug-likeness (QED) is 0.376. The molecule has 0 radical (unpaired) electrons. The summed E-state index contributed by atoms with van der Waals surface area (Å²) in [4.78, 5) is 30.7. The summed E-state index contributed by atoms with van der Waals surface area (Å²) in [7, 11) is 0. The minimum Gasteiger partial charge on any atom is -0.493 e. The van der Waals surface area contributed by atoms with Crippen LogP contribution in [-0.2, 0) is 22.6 Å². The Labute approximate surface area is 210 Å². The van der Waals surface area contributed by atoms with Crippen LogP contribution in [0.25, 0.3) is 0 Å². The Balaban J connectivity index is 1.13. The first-order chi connectivity index (χ1) is 17.6. The number of unbranched alkanes of at least 4 members (excludes halogenated alkanes) is 2. The molecule has 0 aliphatic carbocycles. The van der Waals surface area contributed by atoms with Crippen molar-refractivity contribution in [2.75, 3.05) is 19.8 Å². The maximum absolute atomic E-state index is 12.3. The summed E-state index contributed by atoms with van der Waals surface area (Å²) < 4.78 is 6.10. The molecule has 0 aromatic heterocycles. The fourth-order valence-electron chi connectivity index (χ4n) is 5.45. The van der Waals surface area contributed by atoms with Crippen LogP contribution in [0.3, 0.4) is 0 Å². The number of ether oxygens (including phenoxy) is 1. The van der Waals surface area contributed by atoms with E-state index >= 15 is 0 Å². The summed E-state index contributed by atoms with van der Waals surface area (Å²) in [6.07, 6.45) is 4.36. The molecule has 3 atom stereocenters. The zero-order valence-electron chi connectivity index (χ0n) is 20.3. The van der Waals surface area contributed by atoms with Crippen LogP contribution in [0.1, 0.15) is 48.4 Å². The smallest absolute Gasteiger partial charge is 0.251 e. The molecule has 3 heterocycles. The molecule has 9 heteroatoms. The van der Waals surface area contributed by atoms with E-state index in [1.54, 1.807) is 4.90 Å². The van der Waals surface area contributed by atoms with Crippen molar-refractivity contribution in [3.05, 3.63) is 59.2 Å². The Bertz CT molecular complexity index is 1170. The van der Waals surface area contributed by atoms with Gasteiger partial charge in [-0.3, -0.25) is 14.9 Å². The van der Waals surface area contributed by atoms with E-state index in [4.69, 9.17) is 10.5 Å². The third kappa shape index (κ3) is 4.81. The van der Waals surface area contributed by atoms with Crippen molar-refractivity contribution in [2.45, 2.75) is 50.7 Å². The van der Waals surface area contributed by atoms with Crippen LogP contribution >= 0.6 is 0 Å². The Morgan fingerprint density at radius 3 is 2.89 bits per heavy atom. The fraction of sp³-hybridized carbons (Fsp3) is 0.444. The summed E-state index contributed by atoms with van der Waals surface area (Å²) in [5.41, 5.74) is 9.97. The van der Waals surface area contributed by atoms with Crippen molar-refractivity contribution < 1.29 is 19.4 Å². The van der Waals surface area contributed by atoms with Crippen molar-refractivity contribution in [3.63, 3.8) is 0 Å². The van der Waals surface area contributed by atoms with Crippen LogP contribution in [0.5, 0.6) is 5.75 Å². The van der Waals surface area contributed by atoms with Gasteiger partial charge in [-0.15, -0.1) is 0 Å². The average Bonchev–Trinajstić information content (AvgIpc) is 3.20. The number of aliphatic imine (C=N–C) groups is 1. The van der Waals surface area contributed by atoms with Gasteiger partial charge in [0, 0.05) is 11.6 Å². The number of guanidine groups is 1. The van der Waals surface area contributed by atoms with Gasteiger partial charge in [0.1, 0.15) is 11.8 Å². The van der Waals surface area contributed by atoms with Crippen LogP contribution in [0.4, 0.5) is 5.69 Å². The number of primary amides is 1. The summed E-state index contributed by atoms with van der Waals surface area (Å²) in [5.74, 6) is 0.476. The SMILES string of the molecule is NC(=O)C(CCCCCOc1cccc2c1CN1C(=N2)NC(=O)C1CO)C1NCCc2ccccc21. The van der Waals surface area contributed by atoms with Crippen molar-refractivity contribution in [2.24, 2.45) is 16.6 Å². The monoisotopic (exact) mass is 491 g/mol. The molecular weight excluding hydrogens is 458 g/mol. The number of hydrogen-bond acceptors (Lipinski definition) is 7. The molecule has 3 aliphatic heterocycles. The highest BCUT2D eigenvalue weighted by Crippen LogP contribution is 2.36. The van der Waals surface area contributed by atoms with Gasteiger partial charge in [-0.25, -0.2) is 4.99 Å². The van der Waals surface area contributed by atoms with E-state index in [0.717, 1.165) is 55.6 Å². The number of benzene rings is 2. The van der Waals surface area contributed by atoms with Gasteiger partial charge in [-0.2, -0.15) is 0 Å². The highest BCUT2D eigenvalue weighted by molar-refractivity contribution is 6.07. The molecule has 2 amide bonds. The number of nitrogens with two attached hydrogens (primary N) is 1. The molecule has 5 N–H and O–H groups in total. The number of rotatable bonds is 10. The van der Waals surface area contributed by atoms with Crippen LogP contribution in [-0.4, -0.2) is 53.6 Å². The standard InChI is InChI=1S/C27H33N5O4/c28-25(34)19(24-18-8-4-3-7-17(18)12-13-29-24)9-2-1-5-14-36-23-11-6-10-21-20(23)15-32-22(16-33)26(35)31-27(32)30-21/h3-4,6-8,10-11,19,22,24,29,33H,1-2,5,9,12-16H2,(H2,28,34)(H,30,31,35). The highest BCUT2D eigenvalue weighted by Gasteiger charge is 2.39. The first-order valence-electron chi connectivity index (χ1n) is 12.7. The number of nitrogens with one attached hydrogen (secondary N) is 2. The molecule has 1 saturated heterocycles. The largest absolute Gasteiger partial charge is 0.493 e. The maximum atomic E-state index is 12.3. The summed E-state index contributed by atoms with van der Waals surface area (Å²) >= 11 is 0. The van der Waals surface area contributed by atoms with Gasteiger partial charge in [0.2, 0.25) is 11.9 Å². The molecule has 5 rings (SSSR count). The third-order valence-electron chi connectivity index (χ3n) is 7.36. The van der Waals surface area contributed by atoms with Gasteiger partial charge in [0.15, 0.2) is 0 Å². The Kier molecular flexibility index (Phi) is 7.20. The van der Waals surface area contributed by atoms with Crippen molar-refractivity contribution in [3.8, 4) is 5.75 Å². The van der Waals surface area contributed by atoms with Gasteiger partial charge in [-0.1, -0.05) is 43.2 Å². The fourth-order valence-corrected chi connectivity index (χ4v) is 5.45. The second-order valence-electron chi connectivity index (χ2n) is 9.59. The number of nitrogens with zero attached hydrogens (tertiary/aromatic N) is 2. The lowest BCUT2D eigenvalue weighted by Gasteiger charge is -2.32. The Hall–Kier alpha value is -3.43. The summed E-state index contributed by atoms with van der Waals surface area (Å²) in [6, 6.07) is 13.3. The van der Waals surface area contributed by atoms with Crippen molar-refractivity contribution in [1.82, 2.24) is 15.5 Å². The number of carbonyl (C=O) groups excluding carboxylic acids is 2. The molecule has 1 fully saturated rings. The summed E-state index contributed by atoms with van der Waals surface area (Å²) in [5, 5.41) is 15.8. The van der Waals surface area contributed by atoms with Crippen molar-refractivity contribution in [1.29, 1.82) is 0 Å². The Morgan fingerprint density at radius 2 is 2.06 bits per heavy atom. The molecule has 9 nitrogen and oxygen atoms in total. The van der Waals surface area contributed by atoms with Crippen LogP contribution < -0.4 is 21.1 Å². The average molecular weight is 492 g/mol. The molecule has 36 heavy (non-hydrogen) atoms. The second-order valence-corrected chi connectivity index (χ2v) is 9.59. The lowest BCUT2D eigenvalue weighted by Crippen LogP contribution is -2.40. The van der Waals surface area contributed by atoms with Gasteiger partial charge in [-0.05, 0) is 49.1 Å². The minimum absolute atomic E-state index is 0.0281. The molecular formula is C27H33N5O4. The van der Waals surface area contributed by atoms with Crippen LogP contribution in [0.2, 0.25) is 0 Å². The van der Waals surface area contributed by atoms with Crippen LogP contribution in [0.15, 0.2) is 47.5 Å². The van der Waals surface area contributed by atoms with E-state index in [1.807, 2.05) is 30.3 Å². The number of amides is 2. The maximum Gasteiger partial charge on any atom is 0.251 e. The highest BCUT2D eigenvalue weighted by atomic mass is 16.5. The Morgan fingerprint density at radius 1 is 1.19 bits per heavy atom. The first kappa shape index (κ1) is 24.3. The molecule has 0 bridgehead atoms. The van der Waals surface area contributed by atoms with E-state index in [1.165, 1.54) is 11.1 Å². The molecule has 2 aromatic rings. The topological polar surface area (TPSA) is 129 Å². The van der Waals surface area contributed by atoms with E-state index < -0.39 is 6.04 Å². The normalized spacial score (nSPS) is 21.1. The van der Waals surface area contributed by atoms with Gasteiger partial charge >= 0.3 is 0 Å². The number of hydrogen-bond donors (Lipinski definition) is 4. The molecule has 0 spiro atoms. The lowest BCUT2D eigenvalue weighted by atomic mass is 9.83. The third-order valence-corrected chi connectivity index (χ3v) is 7.36. The zero-order chi connectivity index (χ0) is 25.1. The molecule has 3 unspecified atom stereocenters. The van der Waals surface area contributed by atoms with E-state index in [9.17, 15) is 14.7 Å². The predicted octanol–water partition coefficient (Wildman–Crippen LogP) is 1.91. The molecule has 2 aromatic carbocycles. The number of fused-ring (bicyclic) bond motifs is 3. The number of aliphatic hydroxyl groups is 1. The number of aliphatic hydroxyl groups excluding tert-OH is 1. The first-order valence-corrected chi connectivity index (χ1v) is 12.7. The van der Waals surface area contributed by atoms with E-state index in [2.05, 4.69) is 27.8 Å². The number of carbonyl (C=O) groups is 2. The molecule has 0 saturated carbocycles. The van der Waals surface area contributed by atoms with Gasteiger partial charge in [0.25, 0.3) is 5.91 Å².